The highest BCUT2D eigenvalue weighted by Gasteiger charge is 2.43. The normalized spacial score (nSPS) is 34.2. The Morgan fingerprint density at radius 2 is 2.29 bits per heavy atom. The Kier molecular flexibility index (Phi) is 1.72. The maximum atomic E-state index is 3.66. The zero-order valence-corrected chi connectivity index (χ0v) is 8.72. The van der Waals surface area contributed by atoms with E-state index in [4.69, 9.17) is 0 Å². The molecular formula is C13H17N. The average Bonchev–Trinajstić information content (AvgIpc) is 2.58. The van der Waals surface area contributed by atoms with Crippen LogP contribution in [0.3, 0.4) is 0 Å². The van der Waals surface area contributed by atoms with Crippen LogP contribution < -0.4 is 5.32 Å². The Morgan fingerprint density at radius 1 is 1.43 bits per heavy atom. The van der Waals surface area contributed by atoms with Crippen molar-refractivity contribution < 1.29 is 0 Å². The second kappa shape index (κ2) is 2.83. The highest BCUT2D eigenvalue weighted by atomic mass is 15.0. The molecule has 1 aliphatic carbocycles. The van der Waals surface area contributed by atoms with Gasteiger partial charge in [0.15, 0.2) is 0 Å². The molecule has 1 aromatic rings. The van der Waals surface area contributed by atoms with Gasteiger partial charge in [0.25, 0.3) is 0 Å². The second-order valence-electron chi connectivity index (χ2n) is 4.78. The third kappa shape index (κ3) is 0.992. The Bertz CT molecular complexity index is 358. The zero-order valence-electron chi connectivity index (χ0n) is 8.72. The van der Waals surface area contributed by atoms with Crippen LogP contribution in [0.4, 0.5) is 0 Å². The number of hydrogen-bond donors (Lipinski definition) is 1. The van der Waals surface area contributed by atoms with Crippen LogP contribution >= 0.6 is 0 Å². The minimum atomic E-state index is 0.458. The molecule has 2 unspecified atom stereocenters. The van der Waals surface area contributed by atoms with Crippen molar-refractivity contribution >= 4 is 0 Å². The predicted octanol–water partition coefficient (Wildman–Crippen LogP) is 2.25. The molecule has 1 fully saturated rings. The highest BCUT2D eigenvalue weighted by molar-refractivity contribution is 5.40. The van der Waals surface area contributed by atoms with E-state index in [1.165, 1.54) is 25.8 Å². The van der Waals surface area contributed by atoms with E-state index in [2.05, 4.69) is 36.5 Å². The first-order valence-electron chi connectivity index (χ1n) is 5.66. The summed E-state index contributed by atoms with van der Waals surface area (Å²) in [6.07, 6.45) is 3.85. The molecule has 0 spiro atoms. The van der Waals surface area contributed by atoms with Crippen molar-refractivity contribution in [2.45, 2.75) is 37.6 Å². The maximum absolute atomic E-state index is 3.66. The molecule has 1 saturated heterocycles. The molecule has 2 bridgehead atoms. The standard InChI is InChI=1S/C13H17N/c1-2-13-8-11(14-9-13)7-10-5-3-4-6-12(10)13/h3-6,11,14H,2,7-9H2,1H3. The number of nitrogens with one attached hydrogen (secondary N) is 1. The molecule has 0 saturated carbocycles. The molecule has 0 aromatic heterocycles. The van der Waals surface area contributed by atoms with Crippen LogP contribution in [0.2, 0.25) is 0 Å². The summed E-state index contributed by atoms with van der Waals surface area (Å²) in [5.41, 5.74) is 3.65. The highest BCUT2D eigenvalue weighted by Crippen LogP contribution is 2.43. The summed E-state index contributed by atoms with van der Waals surface area (Å²) in [5, 5.41) is 3.66. The van der Waals surface area contributed by atoms with Crippen LogP contribution in [0.15, 0.2) is 24.3 Å². The van der Waals surface area contributed by atoms with Gasteiger partial charge in [-0.05, 0) is 30.4 Å². The lowest BCUT2D eigenvalue weighted by atomic mass is 9.70. The van der Waals surface area contributed by atoms with Crippen molar-refractivity contribution in [1.29, 1.82) is 0 Å². The maximum Gasteiger partial charge on any atom is 0.0117 e. The number of benzene rings is 1. The van der Waals surface area contributed by atoms with Gasteiger partial charge >= 0.3 is 0 Å². The van der Waals surface area contributed by atoms with Gasteiger partial charge in [-0.3, -0.25) is 0 Å². The summed E-state index contributed by atoms with van der Waals surface area (Å²) in [4.78, 5) is 0. The Balaban J connectivity index is 2.16. The van der Waals surface area contributed by atoms with Crippen molar-refractivity contribution in [1.82, 2.24) is 5.32 Å². The molecule has 3 rings (SSSR count). The van der Waals surface area contributed by atoms with Crippen LogP contribution in [0, 0.1) is 0 Å². The van der Waals surface area contributed by atoms with Crippen molar-refractivity contribution in [3.05, 3.63) is 35.4 Å². The van der Waals surface area contributed by atoms with Crippen molar-refractivity contribution in [2.75, 3.05) is 6.54 Å². The van der Waals surface area contributed by atoms with E-state index in [0.717, 1.165) is 6.04 Å². The molecule has 1 heterocycles. The van der Waals surface area contributed by atoms with Crippen LogP contribution in [-0.2, 0) is 11.8 Å². The number of fused-ring (bicyclic) bond motifs is 4. The Hall–Kier alpha value is -0.820. The fourth-order valence-electron chi connectivity index (χ4n) is 3.25. The largest absolute Gasteiger partial charge is 0.313 e. The minimum Gasteiger partial charge on any atom is -0.313 e. The molecule has 14 heavy (non-hydrogen) atoms. The van der Waals surface area contributed by atoms with Crippen LogP contribution in [0.25, 0.3) is 0 Å². The summed E-state index contributed by atoms with van der Waals surface area (Å²) < 4.78 is 0. The van der Waals surface area contributed by atoms with Crippen molar-refractivity contribution in [2.24, 2.45) is 0 Å². The number of hydrogen-bond acceptors (Lipinski definition) is 1. The van der Waals surface area contributed by atoms with E-state index < -0.39 is 0 Å². The fraction of sp³-hybridized carbons (Fsp3) is 0.538. The summed E-state index contributed by atoms with van der Waals surface area (Å²) in [6.45, 7) is 3.51. The lowest BCUT2D eigenvalue weighted by Gasteiger charge is -2.33. The summed E-state index contributed by atoms with van der Waals surface area (Å²) >= 11 is 0. The zero-order chi connectivity index (χ0) is 9.60. The van der Waals surface area contributed by atoms with Crippen molar-refractivity contribution in [3.63, 3.8) is 0 Å². The predicted molar refractivity (Wildman–Crippen MR) is 58.5 cm³/mol. The average molecular weight is 187 g/mol. The van der Waals surface area contributed by atoms with Gasteiger partial charge in [-0.15, -0.1) is 0 Å². The molecule has 1 nitrogen and oxygen atoms in total. The fourth-order valence-corrected chi connectivity index (χ4v) is 3.25. The van der Waals surface area contributed by atoms with Gasteiger partial charge < -0.3 is 5.32 Å². The van der Waals surface area contributed by atoms with Gasteiger partial charge in [0.1, 0.15) is 0 Å². The third-order valence-electron chi connectivity index (χ3n) is 4.10. The van der Waals surface area contributed by atoms with E-state index in [1.54, 1.807) is 11.1 Å². The third-order valence-corrected chi connectivity index (χ3v) is 4.10. The topological polar surface area (TPSA) is 12.0 Å². The Labute approximate surface area is 85.5 Å². The molecule has 0 radical (unpaired) electrons. The van der Waals surface area contributed by atoms with Gasteiger partial charge in [-0.2, -0.15) is 0 Å². The monoisotopic (exact) mass is 187 g/mol. The first-order chi connectivity index (χ1) is 6.84. The lowest BCUT2D eigenvalue weighted by Crippen LogP contribution is -2.31. The molecule has 0 amide bonds. The van der Waals surface area contributed by atoms with E-state index in [0.29, 0.717) is 5.41 Å². The Morgan fingerprint density at radius 3 is 3.14 bits per heavy atom. The smallest absolute Gasteiger partial charge is 0.0117 e. The molecule has 1 aliphatic heterocycles. The number of rotatable bonds is 1. The first kappa shape index (κ1) is 8.49. The second-order valence-corrected chi connectivity index (χ2v) is 4.78. The summed E-state index contributed by atoms with van der Waals surface area (Å²) in [7, 11) is 0. The van der Waals surface area contributed by atoms with Gasteiger partial charge in [0, 0.05) is 18.0 Å². The molecule has 1 N–H and O–H groups in total. The molecular weight excluding hydrogens is 170 g/mol. The van der Waals surface area contributed by atoms with Gasteiger partial charge in [0.05, 0.1) is 0 Å². The van der Waals surface area contributed by atoms with Gasteiger partial charge in [-0.25, -0.2) is 0 Å². The lowest BCUT2D eigenvalue weighted by molar-refractivity contribution is 0.418. The first-order valence-corrected chi connectivity index (χ1v) is 5.66. The summed E-state index contributed by atoms with van der Waals surface area (Å²) in [5.74, 6) is 0. The van der Waals surface area contributed by atoms with Crippen LogP contribution in [-0.4, -0.2) is 12.6 Å². The van der Waals surface area contributed by atoms with Crippen molar-refractivity contribution in [3.8, 4) is 0 Å². The summed E-state index contributed by atoms with van der Waals surface area (Å²) in [6, 6.07) is 9.74. The molecule has 2 aliphatic rings. The molecule has 1 aromatic carbocycles. The minimum absolute atomic E-state index is 0.458. The molecule has 1 heteroatoms. The SMILES string of the molecule is CCC12CNC(Cc3ccccc31)C2. The van der Waals surface area contributed by atoms with E-state index >= 15 is 0 Å². The van der Waals surface area contributed by atoms with Crippen LogP contribution in [0.5, 0.6) is 0 Å². The van der Waals surface area contributed by atoms with E-state index in [-0.39, 0.29) is 0 Å². The van der Waals surface area contributed by atoms with Gasteiger partial charge in [0.2, 0.25) is 0 Å². The van der Waals surface area contributed by atoms with Crippen LogP contribution in [0.1, 0.15) is 30.9 Å². The van der Waals surface area contributed by atoms with E-state index in [9.17, 15) is 0 Å². The van der Waals surface area contributed by atoms with Gasteiger partial charge in [-0.1, -0.05) is 31.2 Å². The quantitative estimate of drug-likeness (QED) is 0.711. The molecule has 74 valence electrons. The van der Waals surface area contributed by atoms with E-state index in [1.807, 2.05) is 0 Å². The molecule has 2 atom stereocenters.